The van der Waals surface area contributed by atoms with Crippen LogP contribution in [0.25, 0.3) is 0 Å². The van der Waals surface area contributed by atoms with E-state index in [1.807, 2.05) is 6.07 Å². The molecule has 1 saturated carbocycles. The lowest BCUT2D eigenvalue weighted by atomic mass is 9.69. The van der Waals surface area contributed by atoms with Crippen molar-refractivity contribution in [1.82, 2.24) is 10.6 Å². The molecular formula is C23H33ClN2O3. The third-order valence-electron chi connectivity index (χ3n) is 7.46. The predicted molar refractivity (Wildman–Crippen MR) is 115 cm³/mol. The minimum atomic E-state index is 0. The molecule has 0 aromatic heterocycles. The Morgan fingerprint density at radius 2 is 1.79 bits per heavy atom. The molecule has 0 spiro atoms. The number of benzene rings is 1. The molecule has 2 bridgehead atoms. The topological polar surface area (TPSA) is 59.6 Å². The van der Waals surface area contributed by atoms with Crippen LogP contribution in [0.2, 0.25) is 0 Å². The maximum absolute atomic E-state index is 12.8. The van der Waals surface area contributed by atoms with Gasteiger partial charge in [0.05, 0.1) is 0 Å². The number of carbonyl (C=O) groups is 1. The van der Waals surface area contributed by atoms with Crippen LogP contribution in [0.1, 0.15) is 69.8 Å². The van der Waals surface area contributed by atoms with E-state index in [4.69, 9.17) is 9.47 Å². The van der Waals surface area contributed by atoms with Crippen molar-refractivity contribution in [2.75, 3.05) is 13.3 Å². The summed E-state index contributed by atoms with van der Waals surface area (Å²) in [6.45, 7) is 1.05. The van der Waals surface area contributed by atoms with Crippen molar-refractivity contribution in [3.8, 4) is 11.5 Å². The minimum Gasteiger partial charge on any atom is -0.454 e. The van der Waals surface area contributed by atoms with E-state index >= 15 is 0 Å². The number of piperidine rings is 1. The van der Waals surface area contributed by atoms with Gasteiger partial charge in [0.25, 0.3) is 0 Å². The molecule has 1 aromatic carbocycles. The first-order valence-electron chi connectivity index (χ1n) is 11.1. The highest BCUT2D eigenvalue weighted by atomic mass is 35.5. The minimum absolute atomic E-state index is 0. The SMILES string of the molecule is Cl.O=C(CC1CC2CCC(C1)N2)NCC1(c2ccc3c(c2)OCO3)CCCCC1. The van der Waals surface area contributed by atoms with Gasteiger partial charge in [-0.2, -0.15) is 0 Å². The Hall–Kier alpha value is -1.46. The summed E-state index contributed by atoms with van der Waals surface area (Å²) in [6, 6.07) is 7.64. The van der Waals surface area contributed by atoms with E-state index < -0.39 is 0 Å². The van der Waals surface area contributed by atoms with Crippen molar-refractivity contribution >= 4 is 18.3 Å². The smallest absolute Gasteiger partial charge is 0.231 e. The molecule has 5 nitrogen and oxygen atoms in total. The standard InChI is InChI=1S/C23H32N2O3.ClH/c26-22(12-16-10-18-5-6-19(11-16)25-18)24-14-23(8-2-1-3-9-23)17-4-7-20-21(13-17)28-15-27-20;/h4,7,13,16,18-19,25H,1-3,5-6,8-12,14-15H2,(H,24,26);1H. The van der Waals surface area contributed by atoms with Gasteiger partial charge >= 0.3 is 0 Å². The van der Waals surface area contributed by atoms with Crippen molar-refractivity contribution in [2.24, 2.45) is 5.92 Å². The van der Waals surface area contributed by atoms with Gasteiger partial charge in [0.15, 0.2) is 11.5 Å². The average molecular weight is 421 g/mol. The Bertz CT molecular complexity index is 723. The fourth-order valence-corrected chi connectivity index (χ4v) is 5.97. The molecule has 160 valence electrons. The highest BCUT2D eigenvalue weighted by Gasteiger charge is 2.37. The number of halogens is 1. The summed E-state index contributed by atoms with van der Waals surface area (Å²) in [6.07, 6.45) is 11.6. The predicted octanol–water partition coefficient (Wildman–Crippen LogP) is 4.08. The molecule has 1 amide bonds. The zero-order valence-electron chi connectivity index (χ0n) is 17.1. The number of hydrogen-bond donors (Lipinski definition) is 2. The zero-order valence-corrected chi connectivity index (χ0v) is 17.9. The lowest BCUT2D eigenvalue weighted by Gasteiger charge is -2.38. The lowest BCUT2D eigenvalue weighted by molar-refractivity contribution is -0.122. The highest BCUT2D eigenvalue weighted by molar-refractivity contribution is 5.85. The van der Waals surface area contributed by atoms with E-state index in [0.29, 0.717) is 31.2 Å². The van der Waals surface area contributed by atoms with Crippen molar-refractivity contribution in [3.63, 3.8) is 0 Å². The van der Waals surface area contributed by atoms with Crippen LogP contribution in [0, 0.1) is 5.92 Å². The van der Waals surface area contributed by atoms with Gasteiger partial charge in [0.1, 0.15) is 0 Å². The lowest BCUT2D eigenvalue weighted by Crippen LogP contribution is -2.44. The third-order valence-corrected chi connectivity index (χ3v) is 7.46. The molecule has 1 aromatic rings. The Labute approximate surface area is 179 Å². The van der Waals surface area contributed by atoms with Crippen molar-refractivity contribution < 1.29 is 14.3 Å². The summed E-state index contributed by atoms with van der Waals surface area (Å²) in [5, 5.41) is 7.00. The van der Waals surface area contributed by atoms with E-state index in [1.165, 1.54) is 37.7 Å². The maximum atomic E-state index is 12.8. The van der Waals surface area contributed by atoms with Gasteiger partial charge in [0.2, 0.25) is 12.7 Å². The molecule has 4 aliphatic rings. The summed E-state index contributed by atoms with van der Waals surface area (Å²) in [5.74, 6) is 2.46. The van der Waals surface area contributed by atoms with E-state index in [1.54, 1.807) is 0 Å². The number of amides is 1. The van der Waals surface area contributed by atoms with Gasteiger partial charge in [-0.15, -0.1) is 12.4 Å². The molecule has 0 radical (unpaired) electrons. The van der Waals surface area contributed by atoms with Gasteiger partial charge in [-0.3, -0.25) is 4.79 Å². The largest absolute Gasteiger partial charge is 0.454 e. The number of hydrogen-bond acceptors (Lipinski definition) is 4. The van der Waals surface area contributed by atoms with E-state index in [2.05, 4.69) is 22.8 Å². The van der Waals surface area contributed by atoms with Crippen molar-refractivity contribution in [3.05, 3.63) is 23.8 Å². The molecule has 2 N–H and O–H groups in total. The third kappa shape index (κ3) is 4.36. The maximum Gasteiger partial charge on any atom is 0.231 e. The molecule has 29 heavy (non-hydrogen) atoms. The first kappa shape index (κ1) is 20.8. The monoisotopic (exact) mass is 420 g/mol. The van der Waals surface area contributed by atoms with Gasteiger partial charge in [0, 0.05) is 30.5 Å². The van der Waals surface area contributed by atoms with Crippen molar-refractivity contribution in [2.45, 2.75) is 81.7 Å². The van der Waals surface area contributed by atoms with Crippen LogP contribution >= 0.6 is 12.4 Å². The average Bonchev–Trinajstić information content (AvgIpc) is 3.32. The fraction of sp³-hybridized carbons (Fsp3) is 0.696. The molecule has 2 saturated heterocycles. The summed E-state index contributed by atoms with van der Waals surface area (Å²) >= 11 is 0. The van der Waals surface area contributed by atoms with Crippen LogP contribution < -0.4 is 20.1 Å². The second kappa shape index (κ2) is 8.73. The zero-order chi connectivity index (χ0) is 19.0. The molecule has 5 rings (SSSR count). The summed E-state index contributed by atoms with van der Waals surface area (Å²) in [7, 11) is 0. The molecule has 3 heterocycles. The second-order valence-electron chi connectivity index (χ2n) is 9.37. The van der Waals surface area contributed by atoms with Crippen LogP contribution in [0.4, 0.5) is 0 Å². The quantitative estimate of drug-likeness (QED) is 0.753. The summed E-state index contributed by atoms with van der Waals surface area (Å²) < 4.78 is 11.1. The first-order valence-corrected chi connectivity index (χ1v) is 11.1. The van der Waals surface area contributed by atoms with Crippen LogP contribution in [0.3, 0.4) is 0 Å². The molecule has 1 aliphatic carbocycles. The number of nitrogens with one attached hydrogen (secondary N) is 2. The highest BCUT2D eigenvalue weighted by Crippen LogP contribution is 2.43. The molecule has 6 heteroatoms. The van der Waals surface area contributed by atoms with E-state index in [0.717, 1.165) is 43.7 Å². The molecule has 2 unspecified atom stereocenters. The first-order chi connectivity index (χ1) is 13.7. The number of rotatable bonds is 5. The molecule has 3 aliphatic heterocycles. The Morgan fingerprint density at radius 3 is 2.55 bits per heavy atom. The van der Waals surface area contributed by atoms with Crippen LogP contribution in [0.15, 0.2) is 18.2 Å². The normalized spacial score (nSPS) is 29.2. The molecule has 2 atom stereocenters. The van der Waals surface area contributed by atoms with Crippen LogP contribution in [0.5, 0.6) is 11.5 Å². The number of carbonyl (C=O) groups excluding carboxylic acids is 1. The van der Waals surface area contributed by atoms with Crippen LogP contribution in [-0.2, 0) is 10.2 Å². The van der Waals surface area contributed by atoms with Gasteiger partial charge in [-0.25, -0.2) is 0 Å². The second-order valence-corrected chi connectivity index (χ2v) is 9.37. The Balaban J connectivity index is 0.00000205. The van der Waals surface area contributed by atoms with Gasteiger partial charge < -0.3 is 20.1 Å². The number of fused-ring (bicyclic) bond motifs is 3. The number of ether oxygens (including phenoxy) is 2. The van der Waals surface area contributed by atoms with Crippen molar-refractivity contribution in [1.29, 1.82) is 0 Å². The Morgan fingerprint density at radius 1 is 1.07 bits per heavy atom. The summed E-state index contributed by atoms with van der Waals surface area (Å²) in [5.41, 5.74) is 1.32. The molecular weight excluding hydrogens is 388 g/mol. The van der Waals surface area contributed by atoms with Gasteiger partial charge in [-0.1, -0.05) is 25.3 Å². The Kier molecular flexibility index (Phi) is 6.26. The summed E-state index contributed by atoms with van der Waals surface area (Å²) in [4.78, 5) is 12.8. The van der Waals surface area contributed by atoms with E-state index in [9.17, 15) is 4.79 Å². The van der Waals surface area contributed by atoms with E-state index in [-0.39, 0.29) is 23.7 Å². The van der Waals surface area contributed by atoms with Gasteiger partial charge in [-0.05, 0) is 62.1 Å². The van der Waals surface area contributed by atoms with Crippen LogP contribution in [-0.4, -0.2) is 31.3 Å². The fourth-order valence-electron chi connectivity index (χ4n) is 5.97. The molecule has 3 fully saturated rings.